The number of pyridine rings is 1. The number of nitrogens with one attached hydrogen (secondary N) is 1. The molecule has 0 atom stereocenters. The van der Waals surface area contributed by atoms with Gasteiger partial charge in [-0.15, -0.1) is 0 Å². The smallest absolute Gasteiger partial charge is 0.189 e. The summed E-state index contributed by atoms with van der Waals surface area (Å²) >= 11 is 0. The van der Waals surface area contributed by atoms with Crippen LogP contribution in [-0.4, -0.2) is 15.0 Å². The molecule has 0 spiro atoms. The van der Waals surface area contributed by atoms with E-state index in [-0.39, 0.29) is 5.43 Å². The summed E-state index contributed by atoms with van der Waals surface area (Å²) in [5, 5.41) is 0.745. The predicted octanol–water partition coefficient (Wildman–Crippen LogP) is 2.00. The molecule has 0 radical (unpaired) electrons. The highest BCUT2D eigenvalue weighted by Crippen LogP contribution is 2.03. The van der Waals surface area contributed by atoms with Gasteiger partial charge in [-0.1, -0.05) is 12.1 Å². The minimum atomic E-state index is 0.0688. The Balaban J connectivity index is 0.000000153. The number of H-pyrrole nitrogens is 1. The van der Waals surface area contributed by atoms with Crippen LogP contribution in [0.4, 0.5) is 0 Å². The van der Waals surface area contributed by atoms with E-state index >= 15 is 0 Å². The molecule has 17 heavy (non-hydrogen) atoms. The summed E-state index contributed by atoms with van der Waals surface area (Å²) < 4.78 is 0. The van der Waals surface area contributed by atoms with Crippen LogP contribution in [0.3, 0.4) is 0 Å². The predicted molar refractivity (Wildman–Crippen MR) is 66.6 cm³/mol. The third kappa shape index (κ3) is 2.98. The zero-order chi connectivity index (χ0) is 11.9. The van der Waals surface area contributed by atoms with Crippen molar-refractivity contribution in [3.63, 3.8) is 0 Å². The molecule has 0 aliphatic carbocycles. The number of para-hydroxylation sites is 1. The van der Waals surface area contributed by atoms with Gasteiger partial charge in [-0.05, 0) is 18.2 Å². The Bertz CT molecular complexity index is 603. The van der Waals surface area contributed by atoms with Gasteiger partial charge in [-0.3, -0.25) is 4.79 Å². The van der Waals surface area contributed by atoms with Crippen molar-refractivity contribution in [1.82, 2.24) is 15.0 Å². The van der Waals surface area contributed by atoms with E-state index in [0.717, 1.165) is 10.9 Å². The van der Waals surface area contributed by atoms with Gasteiger partial charge in [0.25, 0.3) is 0 Å². The van der Waals surface area contributed by atoms with Crippen LogP contribution in [-0.2, 0) is 0 Å². The number of fused-ring (bicyclic) bond motifs is 1. The molecule has 3 rings (SSSR count). The molecule has 0 bridgehead atoms. The third-order valence-electron chi connectivity index (χ3n) is 2.14. The maximum absolute atomic E-state index is 11.2. The van der Waals surface area contributed by atoms with Gasteiger partial charge in [0.2, 0.25) is 0 Å². The first-order valence-electron chi connectivity index (χ1n) is 5.14. The van der Waals surface area contributed by atoms with Crippen LogP contribution in [0, 0.1) is 0 Å². The Morgan fingerprint density at radius 2 is 1.71 bits per heavy atom. The fraction of sp³-hybridized carbons (Fsp3) is 0. The lowest BCUT2D eigenvalue weighted by atomic mass is 10.2. The highest BCUT2D eigenvalue weighted by Gasteiger charge is 1.92. The second kappa shape index (κ2) is 5.55. The van der Waals surface area contributed by atoms with Gasteiger partial charge in [-0.25, -0.2) is 9.97 Å². The number of benzene rings is 1. The molecular formula is C13H11N3O. The van der Waals surface area contributed by atoms with Crippen molar-refractivity contribution in [2.24, 2.45) is 0 Å². The molecule has 4 nitrogen and oxygen atoms in total. The monoisotopic (exact) mass is 225 g/mol. The molecule has 4 heteroatoms. The van der Waals surface area contributed by atoms with Crippen LogP contribution >= 0.6 is 0 Å². The van der Waals surface area contributed by atoms with E-state index in [1.165, 1.54) is 12.4 Å². The van der Waals surface area contributed by atoms with Gasteiger partial charge >= 0.3 is 0 Å². The number of hydrogen-bond acceptors (Lipinski definition) is 3. The molecule has 1 N–H and O–H groups in total. The average molecular weight is 225 g/mol. The van der Waals surface area contributed by atoms with E-state index in [1.54, 1.807) is 24.7 Å². The van der Waals surface area contributed by atoms with E-state index in [9.17, 15) is 4.79 Å². The maximum atomic E-state index is 11.2. The molecule has 0 aliphatic heterocycles. The van der Waals surface area contributed by atoms with E-state index in [4.69, 9.17) is 0 Å². The summed E-state index contributed by atoms with van der Waals surface area (Å²) in [6.07, 6.45) is 6.53. The summed E-state index contributed by atoms with van der Waals surface area (Å²) in [5.41, 5.74) is 0.958. The lowest BCUT2D eigenvalue weighted by Crippen LogP contribution is -1.98. The highest BCUT2D eigenvalue weighted by atomic mass is 16.1. The summed E-state index contributed by atoms with van der Waals surface area (Å²) in [4.78, 5) is 21.5. The minimum Gasteiger partial charge on any atom is -0.361 e. The van der Waals surface area contributed by atoms with Crippen molar-refractivity contribution in [3.8, 4) is 0 Å². The van der Waals surface area contributed by atoms with Crippen LogP contribution in [0.1, 0.15) is 0 Å². The lowest BCUT2D eigenvalue weighted by Gasteiger charge is -1.92. The van der Waals surface area contributed by atoms with Crippen LogP contribution in [0.15, 0.2) is 66.1 Å². The standard InChI is InChI=1S/C9H7NO.C4H4N2/c11-9-5-6-10-8-4-2-1-3-7(8)9;1-2-5-4-6-3-1/h1-6H,(H,10,11);1-4H. The average Bonchev–Trinajstić information content (AvgIpc) is 2.42. The van der Waals surface area contributed by atoms with Crippen LogP contribution in [0.2, 0.25) is 0 Å². The lowest BCUT2D eigenvalue weighted by molar-refractivity contribution is 1.17. The van der Waals surface area contributed by atoms with E-state index in [0.29, 0.717) is 0 Å². The van der Waals surface area contributed by atoms with Crippen molar-refractivity contribution in [2.75, 3.05) is 0 Å². The van der Waals surface area contributed by atoms with E-state index in [1.807, 2.05) is 24.3 Å². The minimum absolute atomic E-state index is 0.0688. The van der Waals surface area contributed by atoms with Crippen LogP contribution in [0.5, 0.6) is 0 Å². The zero-order valence-corrected chi connectivity index (χ0v) is 9.08. The second-order valence-corrected chi connectivity index (χ2v) is 3.29. The number of aromatic amines is 1. The first kappa shape index (κ1) is 11.0. The summed E-state index contributed by atoms with van der Waals surface area (Å²) in [6.45, 7) is 0. The molecule has 2 aromatic heterocycles. The van der Waals surface area contributed by atoms with Crippen molar-refractivity contribution in [1.29, 1.82) is 0 Å². The maximum Gasteiger partial charge on any atom is 0.189 e. The van der Waals surface area contributed by atoms with Crippen molar-refractivity contribution < 1.29 is 0 Å². The number of hydrogen-bond donors (Lipinski definition) is 1. The Morgan fingerprint density at radius 3 is 2.29 bits per heavy atom. The molecule has 2 heterocycles. The first-order valence-corrected chi connectivity index (χ1v) is 5.14. The topological polar surface area (TPSA) is 58.6 Å². The van der Waals surface area contributed by atoms with Gasteiger partial charge in [0.15, 0.2) is 5.43 Å². The van der Waals surface area contributed by atoms with Gasteiger partial charge in [0.1, 0.15) is 6.33 Å². The fourth-order valence-electron chi connectivity index (χ4n) is 1.37. The first-order chi connectivity index (χ1) is 8.38. The molecule has 3 aromatic rings. The molecule has 0 aliphatic rings. The summed E-state index contributed by atoms with van der Waals surface area (Å²) in [5.74, 6) is 0. The van der Waals surface area contributed by atoms with E-state index < -0.39 is 0 Å². The van der Waals surface area contributed by atoms with Gasteiger partial charge < -0.3 is 4.98 Å². The number of aromatic nitrogens is 3. The van der Waals surface area contributed by atoms with Crippen molar-refractivity contribution in [3.05, 3.63) is 71.5 Å². The van der Waals surface area contributed by atoms with Crippen LogP contribution < -0.4 is 5.43 Å². The molecule has 0 saturated heterocycles. The SMILES string of the molecule is O=c1cc[nH]c2ccccc12.c1cncnc1. The van der Waals surface area contributed by atoms with E-state index in [2.05, 4.69) is 15.0 Å². The zero-order valence-electron chi connectivity index (χ0n) is 9.08. The Hall–Kier alpha value is -2.49. The molecular weight excluding hydrogens is 214 g/mol. The molecule has 0 saturated carbocycles. The second-order valence-electron chi connectivity index (χ2n) is 3.29. The van der Waals surface area contributed by atoms with Gasteiger partial charge in [0.05, 0.1) is 0 Å². The molecule has 0 amide bonds. The quantitative estimate of drug-likeness (QED) is 0.636. The van der Waals surface area contributed by atoms with Crippen LogP contribution in [0.25, 0.3) is 10.9 Å². The molecule has 0 fully saturated rings. The Morgan fingerprint density at radius 1 is 0.941 bits per heavy atom. The summed E-state index contributed by atoms with van der Waals surface area (Å²) in [7, 11) is 0. The molecule has 1 aromatic carbocycles. The third-order valence-corrected chi connectivity index (χ3v) is 2.14. The summed E-state index contributed by atoms with van der Waals surface area (Å²) in [6, 6.07) is 10.8. The van der Waals surface area contributed by atoms with Gasteiger partial charge in [0, 0.05) is 35.6 Å². The molecule has 84 valence electrons. The Kier molecular flexibility index (Phi) is 3.60. The van der Waals surface area contributed by atoms with Crippen molar-refractivity contribution in [2.45, 2.75) is 0 Å². The number of rotatable bonds is 0. The Labute approximate surface area is 98.0 Å². The number of nitrogens with zero attached hydrogens (tertiary/aromatic N) is 2. The van der Waals surface area contributed by atoms with Crippen molar-refractivity contribution >= 4 is 10.9 Å². The fourth-order valence-corrected chi connectivity index (χ4v) is 1.37. The highest BCUT2D eigenvalue weighted by molar-refractivity contribution is 5.77. The van der Waals surface area contributed by atoms with Gasteiger partial charge in [-0.2, -0.15) is 0 Å². The normalized spacial score (nSPS) is 9.41. The largest absolute Gasteiger partial charge is 0.361 e. The molecule has 0 unspecified atom stereocenters.